The van der Waals surface area contributed by atoms with Crippen LogP contribution in [0.25, 0.3) is 0 Å². The first-order valence-electron chi connectivity index (χ1n) is 6.49. The molecule has 2 heterocycles. The Morgan fingerprint density at radius 1 is 1.32 bits per heavy atom. The first-order valence-corrected chi connectivity index (χ1v) is 6.49. The van der Waals surface area contributed by atoms with Crippen molar-refractivity contribution in [3.8, 4) is 0 Å². The van der Waals surface area contributed by atoms with Gasteiger partial charge in [-0.2, -0.15) is 0 Å². The molecular formula is C14H17N3O2. The molecule has 5 heteroatoms. The van der Waals surface area contributed by atoms with Crippen LogP contribution in [0.4, 0.5) is 4.79 Å². The predicted octanol–water partition coefficient (Wildman–Crippen LogP) is 0.982. The summed E-state index contributed by atoms with van der Waals surface area (Å²) in [5, 5.41) is 2.97. The van der Waals surface area contributed by atoms with Crippen LogP contribution < -0.4 is 5.32 Å². The number of amides is 3. The van der Waals surface area contributed by atoms with Crippen LogP contribution in [0.1, 0.15) is 18.5 Å². The molecule has 19 heavy (non-hydrogen) atoms. The van der Waals surface area contributed by atoms with Gasteiger partial charge in [0, 0.05) is 13.6 Å². The number of likely N-dealkylation sites (N-methyl/N-ethyl adjacent to an activating group) is 1. The topological polar surface area (TPSA) is 62.6 Å². The standard InChI is InChI=1S/C14H17N3O2/c1-9-12(10-6-4-3-5-7-10)17(14(19)16(9)2)13(18)11-8-15-11/h3-7,9,11-12,15H,8H2,1-2H3/t9-,11+,12-/m0/s1. The van der Waals surface area contributed by atoms with Gasteiger partial charge in [0.15, 0.2) is 0 Å². The van der Waals surface area contributed by atoms with Gasteiger partial charge in [0.1, 0.15) is 6.04 Å². The molecule has 3 rings (SSSR count). The van der Waals surface area contributed by atoms with E-state index >= 15 is 0 Å². The second kappa shape index (κ2) is 4.35. The van der Waals surface area contributed by atoms with Crippen LogP contribution >= 0.6 is 0 Å². The van der Waals surface area contributed by atoms with Gasteiger partial charge in [-0.15, -0.1) is 0 Å². The molecule has 100 valence electrons. The monoisotopic (exact) mass is 259 g/mol. The number of carbonyl (C=O) groups excluding carboxylic acids is 2. The van der Waals surface area contributed by atoms with Gasteiger partial charge in [0.2, 0.25) is 5.91 Å². The quantitative estimate of drug-likeness (QED) is 0.805. The van der Waals surface area contributed by atoms with Crippen molar-refractivity contribution in [2.24, 2.45) is 0 Å². The molecule has 0 bridgehead atoms. The highest BCUT2D eigenvalue weighted by molar-refractivity contribution is 6.00. The minimum absolute atomic E-state index is 0.0161. The van der Waals surface area contributed by atoms with Crippen LogP contribution in [-0.4, -0.2) is 47.4 Å². The minimum atomic E-state index is -0.208. The fraction of sp³-hybridized carbons (Fsp3) is 0.429. The number of nitrogens with one attached hydrogen (secondary N) is 1. The number of imide groups is 1. The van der Waals surface area contributed by atoms with Crippen LogP contribution in [0.2, 0.25) is 0 Å². The molecule has 1 aromatic rings. The van der Waals surface area contributed by atoms with Gasteiger partial charge in [0.05, 0.1) is 12.1 Å². The zero-order valence-corrected chi connectivity index (χ0v) is 11.0. The van der Waals surface area contributed by atoms with E-state index in [1.807, 2.05) is 37.3 Å². The molecule has 3 atom stereocenters. The zero-order chi connectivity index (χ0) is 13.6. The minimum Gasteiger partial charge on any atom is -0.322 e. The number of carbonyl (C=O) groups is 2. The van der Waals surface area contributed by atoms with Crippen molar-refractivity contribution in [1.29, 1.82) is 0 Å². The summed E-state index contributed by atoms with van der Waals surface area (Å²) in [7, 11) is 1.75. The summed E-state index contributed by atoms with van der Waals surface area (Å²) in [6, 6.07) is 9.12. The maximum Gasteiger partial charge on any atom is 0.327 e. The smallest absolute Gasteiger partial charge is 0.322 e. The average Bonchev–Trinajstić information content (AvgIpc) is 3.24. The second-order valence-corrected chi connectivity index (χ2v) is 5.16. The molecule has 0 saturated carbocycles. The fourth-order valence-electron chi connectivity index (χ4n) is 2.60. The lowest BCUT2D eigenvalue weighted by Crippen LogP contribution is -2.39. The summed E-state index contributed by atoms with van der Waals surface area (Å²) in [6.45, 7) is 2.64. The maximum absolute atomic E-state index is 12.3. The number of benzene rings is 1. The van der Waals surface area contributed by atoms with Crippen LogP contribution in [-0.2, 0) is 4.79 Å². The number of hydrogen-bond acceptors (Lipinski definition) is 3. The lowest BCUT2D eigenvalue weighted by molar-refractivity contribution is -0.128. The highest BCUT2D eigenvalue weighted by atomic mass is 16.2. The van der Waals surface area contributed by atoms with Crippen LogP contribution in [0.5, 0.6) is 0 Å². The number of rotatable bonds is 2. The molecule has 0 radical (unpaired) electrons. The molecule has 2 saturated heterocycles. The number of nitrogens with zero attached hydrogens (tertiary/aromatic N) is 2. The van der Waals surface area contributed by atoms with E-state index in [0.717, 1.165) is 5.56 Å². The Hall–Kier alpha value is -1.88. The van der Waals surface area contributed by atoms with E-state index in [-0.39, 0.29) is 30.1 Å². The van der Waals surface area contributed by atoms with Crippen LogP contribution in [0.15, 0.2) is 30.3 Å². The Morgan fingerprint density at radius 3 is 2.53 bits per heavy atom. The van der Waals surface area contributed by atoms with Crippen LogP contribution in [0.3, 0.4) is 0 Å². The summed E-state index contributed by atoms with van der Waals surface area (Å²) in [4.78, 5) is 27.6. The molecule has 0 aromatic heterocycles. The average molecular weight is 259 g/mol. The predicted molar refractivity (Wildman–Crippen MR) is 70.4 cm³/mol. The molecule has 5 nitrogen and oxygen atoms in total. The van der Waals surface area contributed by atoms with Gasteiger partial charge in [-0.05, 0) is 12.5 Å². The van der Waals surface area contributed by atoms with E-state index in [1.54, 1.807) is 11.9 Å². The third-order valence-electron chi connectivity index (χ3n) is 3.94. The Balaban J connectivity index is 1.98. The normalized spacial score (nSPS) is 29.8. The SMILES string of the molecule is C[C@H]1[C@@H](c2ccccc2)N(C(=O)[C@H]2CN2)C(=O)N1C. The lowest BCUT2D eigenvalue weighted by Gasteiger charge is -2.23. The lowest BCUT2D eigenvalue weighted by atomic mass is 10.0. The fourth-order valence-corrected chi connectivity index (χ4v) is 2.60. The Labute approximate surface area is 112 Å². The molecule has 1 N–H and O–H groups in total. The van der Waals surface area contributed by atoms with Crippen molar-refractivity contribution >= 4 is 11.9 Å². The first-order chi connectivity index (χ1) is 9.11. The molecular weight excluding hydrogens is 242 g/mol. The summed E-state index contributed by atoms with van der Waals surface area (Å²) >= 11 is 0. The molecule has 0 unspecified atom stereocenters. The number of hydrogen-bond donors (Lipinski definition) is 1. The highest BCUT2D eigenvalue weighted by Crippen LogP contribution is 2.35. The highest BCUT2D eigenvalue weighted by Gasteiger charge is 2.49. The first kappa shape index (κ1) is 12.2. The summed E-state index contributed by atoms with van der Waals surface area (Å²) in [6.07, 6.45) is 0. The van der Waals surface area contributed by atoms with Crippen molar-refractivity contribution in [3.05, 3.63) is 35.9 Å². The van der Waals surface area contributed by atoms with Crippen molar-refractivity contribution in [1.82, 2.24) is 15.1 Å². The van der Waals surface area contributed by atoms with Gasteiger partial charge in [0.25, 0.3) is 0 Å². The molecule has 0 aliphatic carbocycles. The van der Waals surface area contributed by atoms with E-state index in [0.29, 0.717) is 6.54 Å². The van der Waals surface area contributed by atoms with E-state index in [4.69, 9.17) is 0 Å². The molecule has 3 amide bonds. The van der Waals surface area contributed by atoms with Gasteiger partial charge < -0.3 is 10.2 Å². The second-order valence-electron chi connectivity index (χ2n) is 5.16. The van der Waals surface area contributed by atoms with E-state index in [2.05, 4.69) is 5.32 Å². The van der Waals surface area contributed by atoms with E-state index in [9.17, 15) is 9.59 Å². The van der Waals surface area contributed by atoms with Gasteiger partial charge >= 0.3 is 6.03 Å². The number of urea groups is 1. The van der Waals surface area contributed by atoms with E-state index in [1.165, 1.54) is 4.90 Å². The molecule has 1 aromatic carbocycles. The summed E-state index contributed by atoms with van der Waals surface area (Å²) < 4.78 is 0. The molecule has 2 aliphatic heterocycles. The van der Waals surface area contributed by atoms with Gasteiger partial charge in [-0.3, -0.25) is 9.69 Å². The third-order valence-corrected chi connectivity index (χ3v) is 3.94. The van der Waals surface area contributed by atoms with Crippen molar-refractivity contribution in [2.45, 2.75) is 25.0 Å². The zero-order valence-electron chi connectivity index (χ0n) is 11.0. The maximum atomic E-state index is 12.3. The Bertz CT molecular complexity index is 505. The van der Waals surface area contributed by atoms with Crippen molar-refractivity contribution in [3.63, 3.8) is 0 Å². The largest absolute Gasteiger partial charge is 0.327 e. The molecule has 0 spiro atoms. The van der Waals surface area contributed by atoms with Crippen molar-refractivity contribution < 1.29 is 9.59 Å². The van der Waals surface area contributed by atoms with Crippen LogP contribution in [0, 0.1) is 0 Å². The summed E-state index contributed by atoms with van der Waals surface area (Å²) in [5.41, 5.74) is 1.00. The molecule has 2 aliphatic rings. The molecule has 2 fully saturated rings. The van der Waals surface area contributed by atoms with Crippen molar-refractivity contribution in [2.75, 3.05) is 13.6 Å². The van der Waals surface area contributed by atoms with Gasteiger partial charge in [-0.25, -0.2) is 4.79 Å². The third kappa shape index (κ3) is 1.90. The van der Waals surface area contributed by atoms with Gasteiger partial charge in [-0.1, -0.05) is 30.3 Å². The summed E-state index contributed by atoms with van der Waals surface area (Å²) in [5.74, 6) is -0.116. The van der Waals surface area contributed by atoms with E-state index < -0.39 is 0 Å². The Morgan fingerprint density at radius 2 is 1.95 bits per heavy atom. The Kier molecular flexibility index (Phi) is 2.78.